The lowest BCUT2D eigenvalue weighted by Gasteiger charge is -2.12. The average Bonchev–Trinajstić information content (AvgIpc) is 2.92. The highest BCUT2D eigenvalue weighted by Gasteiger charge is 2.36. The second-order valence-electron chi connectivity index (χ2n) is 6.48. The Morgan fingerprint density at radius 1 is 1.07 bits per heavy atom. The molecule has 0 aliphatic carbocycles. The van der Waals surface area contributed by atoms with Crippen molar-refractivity contribution < 1.29 is 32.3 Å². The molecule has 2 aromatic rings. The number of ketones is 1. The molecule has 0 N–H and O–H groups in total. The fourth-order valence-electron chi connectivity index (χ4n) is 2.95. The maximum Gasteiger partial charge on any atom is 0.416 e. The number of halogens is 3. The van der Waals surface area contributed by atoms with Gasteiger partial charge in [-0.1, -0.05) is 12.1 Å². The van der Waals surface area contributed by atoms with E-state index in [0.29, 0.717) is 22.4 Å². The fourth-order valence-corrected chi connectivity index (χ4v) is 2.95. The minimum atomic E-state index is -4.42. The third-order valence-electron chi connectivity index (χ3n) is 4.41. The molecule has 0 bridgehead atoms. The van der Waals surface area contributed by atoms with Gasteiger partial charge in [0.05, 0.1) is 23.1 Å². The number of fused-ring (bicyclic) bond motifs is 1. The Balaban J connectivity index is 1.85. The van der Waals surface area contributed by atoms with Gasteiger partial charge in [-0.25, -0.2) is 4.90 Å². The van der Waals surface area contributed by atoms with Gasteiger partial charge in [-0.05, 0) is 42.8 Å². The SMILES string of the molecule is CC(=O)c1ccc2c(c1)C(=COCc1ccc(C(F)(F)F)cc1)C(=O)N2C(C)=O. The summed E-state index contributed by atoms with van der Waals surface area (Å²) in [6.07, 6.45) is -3.27. The molecule has 5 nitrogen and oxygen atoms in total. The molecule has 29 heavy (non-hydrogen) atoms. The molecule has 1 aliphatic rings. The van der Waals surface area contributed by atoms with Gasteiger partial charge >= 0.3 is 6.18 Å². The van der Waals surface area contributed by atoms with Crippen LogP contribution in [-0.4, -0.2) is 17.6 Å². The third-order valence-corrected chi connectivity index (χ3v) is 4.41. The molecule has 0 saturated heterocycles. The summed E-state index contributed by atoms with van der Waals surface area (Å²) < 4.78 is 43.2. The maximum absolute atomic E-state index is 12.6. The van der Waals surface area contributed by atoms with E-state index in [1.165, 1.54) is 44.2 Å². The smallest absolute Gasteiger partial charge is 0.416 e. The van der Waals surface area contributed by atoms with E-state index in [2.05, 4.69) is 0 Å². The van der Waals surface area contributed by atoms with Gasteiger partial charge < -0.3 is 4.74 Å². The van der Waals surface area contributed by atoms with Gasteiger partial charge in [-0.3, -0.25) is 14.4 Å². The topological polar surface area (TPSA) is 63.7 Å². The van der Waals surface area contributed by atoms with Crippen LogP contribution in [0.15, 0.2) is 48.7 Å². The van der Waals surface area contributed by atoms with Crippen LogP contribution >= 0.6 is 0 Å². The molecule has 2 aromatic carbocycles. The number of rotatable bonds is 4. The van der Waals surface area contributed by atoms with Gasteiger partial charge in [0.2, 0.25) is 5.91 Å². The Morgan fingerprint density at radius 3 is 2.28 bits per heavy atom. The van der Waals surface area contributed by atoms with Gasteiger partial charge in [0.15, 0.2) is 5.78 Å². The number of Topliss-reactive ketones (excluding diaryl/α,β-unsaturated/α-hetero) is 1. The van der Waals surface area contributed by atoms with Crippen LogP contribution in [0.25, 0.3) is 5.57 Å². The van der Waals surface area contributed by atoms with Gasteiger partial charge in [-0.15, -0.1) is 0 Å². The van der Waals surface area contributed by atoms with Crippen molar-refractivity contribution in [2.45, 2.75) is 26.6 Å². The van der Waals surface area contributed by atoms with E-state index in [9.17, 15) is 27.6 Å². The molecule has 1 heterocycles. The number of nitrogens with zero attached hydrogens (tertiary/aromatic N) is 1. The molecule has 0 aromatic heterocycles. The molecule has 0 fully saturated rings. The van der Waals surface area contributed by atoms with Crippen LogP contribution in [0, 0.1) is 0 Å². The monoisotopic (exact) mass is 403 g/mol. The highest BCUT2D eigenvalue weighted by Crippen LogP contribution is 2.37. The average molecular weight is 403 g/mol. The number of imide groups is 1. The summed E-state index contributed by atoms with van der Waals surface area (Å²) in [6.45, 7) is 2.55. The number of carbonyl (C=O) groups excluding carboxylic acids is 3. The number of hydrogen-bond donors (Lipinski definition) is 0. The maximum atomic E-state index is 12.6. The number of ether oxygens (including phenoxy) is 1. The summed E-state index contributed by atoms with van der Waals surface area (Å²) in [5.41, 5.74) is 0.887. The molecule has 1 aliphatic heterocycles. The van der Waals surface area contributed by atoms with Crippen molar-refractivity contribution in [3.8, 4) is 0 Å². The first-order valence-electron chi connectivity index (χ1n) is 8.58. The van der Waals surface area contributed by atoms with Crippen LogP contribution in [0.1, 0.15) is 40.9 Å². The minimum Gasteiger partial charge on any atom is -0.496 e. The Kier molecular flexibility index (Phi) is 5.28. The van der Waals surface area contributed by atoms with Gasteiger partial charge in [0.1, 0.15) is 6.61 Å². The van der Waals surface area contributed by atoms with Crippen LogP contribution in [0.5, 0.6) is 0 Å². The molecule has 0 spiro atoms. The largest absolute Gasteiger partial charge is 0.496 e. The summed E-state index contributed by atoms with van der Waals surface area (Å²) in [6, 6.07) is 8.99. The zero-order valence-corrected chi connectivity index (χ0v) is 15.5. The van der Waals surface area contributed by atoms with E-state index in [0.717, 1.165) is 23.3 Å². The van der Waals surface area contributed by atoms with Crippen molar-refractivity contribution in [1.82, 2.24) is 0 Å². The second-order valence-corrected chi connectivity index (χ2v) is 6.48. The third kappa shape index (κ3) is 4.06. The Labute approximate surface area is 164 Å². The standard InChI is InChI=1S/C21H16F3NO4/c1-12(26)15-5-8-19-17(9-15)18(20(28)25(19)13(2)27)11-29-10-14-3-6-16(7-4-14)21(22,23)24/h3-9,11H,10H2,1-2H3. The number of anilines is 1. The summed E-state index contributed by atoms with van der Waals surface area (Å²) in [7, 11) is 0. The van der Waals surface area contributed by atoms with E-state index < -0.39 is 23.6 Å². The van der Waals surface area contributed by atoms with Crippen molar-refractivity contribution in [2.75, 3.05) is 4.90 Å². The molecular weight excluding hydrogens is 387 g/mol. The molecule has 0 unspecified atom stereocenters. The number of alkyl halides is 3. The number of carbonyl (C=O) groups is 3. The van der Waals surface area contributed by atoms with E-state index in [1.54, 1.807) is 0 Å². The van der Waals surface area contributed by atoms with E-state index in [4.69, 9.17) is 4.74 Å². The summed E-state index contributed by atoms with van der Waals surface area (Å²) in [4.78, 5) is 37.1. The molecule has 3 rings (SSSR count). The zero-order chi connectivity index (χ0) is 21.3. The molecule has 2 amide bonds. The molecule has 150 valence electrons. The van der Waals surface area contributed by atoms with Gasteiger partial charge in [0.25, 0.3) is 5.91 Å². The molecule has 0 radical (unpaired) electrons. The highest BCUT2D eigenvalue weighted by molar-refractivity contribution is 6.39. The van der Waals surface area contributed by atoms with Crippen LogP contribution in [0.2, 0.25) is 0 Å². The van der Waals surface area contributed by atoms with E-state index in [1.807, 2.05) is 0 Å². The van der Waals surface area contributed by atoms with Gasteiger partial charge in [-0.2, -0.15) is 13.2 Å². The Hall–Kier alpha value is -3.42. The Bertz CT molecular complexity index is 1020. The van der Waals surface area contributed by atoms with Gasteiger partial charge in [0, 0.05) is 18.1 Å². The van der Waals surface area contributed by atoms with Crippen molar-refractivity contribution in [3.05, 3.63) is 71.0 Å². The van der Waals surface area contributed by atoms with Crippen LogP contribution in [0.3, 0.4) is 0 Å². The normalized spacial score (nSPS) is 14.9. The zero-order valence-electron chi connectivity index (χ0n) is 15.5. The summed E-state index contributed by atoms with van der Waals surface area (Å²) >= 11 is 0. The lowest BCUT2D eigenvalue weighted by molar-refractivity contribution is -0.137. The van der Waals surface area contributed by atoms with E-state index in [-0.39, 0.29) is 18.0 Å². The lowest BCUT2D eigenvalue weighted by Crippen LogP contribution is -2.31. The predicted molar refractivity (Wildman–Crippen MR) is 98.8 cm³/mol. The predicted octanol–water partition coefficient (Wildman–Crippen LogP) is 4.36. The number of hydrogen-bond acceptors (Lipinski definition) is 4. The second kappa shape index (κ2) is 7.54. The van der Waals surface area contributed by atoms with Crippen LogP contribution in [-0.2, 0) is 27.1 Å². The van der Waals surface area contributed by atoms with Crippen molar-refractivity contribution >= 4 is 28.9 Å². The summed E-state index contributed by atoms with van der Waals surface area (Å²) in [5, 5.41) is 0. The first-order valence-corrected chi connectivity index (χ1v) is 8.58. The van der Waals surface area contributed by atoms with Crippen molar-refractivity contribution in [2.24, 2.45) is 0 Å². The van der Waals surface area contributed by atoms with E-state index >= 15 is 0 Å². The van der Waals surface area contributed by atoms with Crippen LogP contribution < -0.4 is 4.90 Å². The molecular formula is C21H16F3NO4. The first-order chi connectivity index (χ1) is 13.6. The first kappa shape index (κ1) is 20.3. The number of benzene rings is 2. The van der Waals surface area contributed by atoms with Crippen LogP contribution in [0.4, 0.5) is 18.9 Å². The highest BCUT2D eigenvalue weighted by atomic mass is 19.4. The minimum absolute atomic E-state index is 0.0727. The van der Waals surface area contributed by atoms with Crippen molar-refractivity contribution in [3.63, 3.8) is 0 Å². The lowest BCUT2D eigenvalue weighted by atomic mass is 10.0. The summed E-state index contributed by atoms with van der Waals surface area (Å²) in [5.74, 6) is -1.29. The molecule has 8 heteroatoms. The van der Waals surface area contributed by atoms with Crippen molar-refractivity contribution in [1.29, 1.82) is 0 Å². The number of amides is 2. The Morgan fingerprint density at radius 2 is 1.72 bits per heavy atom. The quantitative estimate of drug-likeness (QED) is 0.432. The molecule has 0 atom stereocenters. The fraction of sp³-hybridized carbons (Fsp3) is 0.190. The molecule has 0 saturated carbocycles.